The van der Waals surface area contributed by atoms with E-state index in [-0.39, 0.29) is 16.4 Å². The fraction of sp³-hybridized carbons (Fsp3) is 0. The number of para-hydroxylation sites is 1. The zero-order valence-corrected chi connectivity index (χ0v) is 9.91. The number of phenolic OH excluding ortho intramolecular Hbond substituents is 1. The quantitative estimate of drug-likeness (QED) is 0.695. The van der Waals surface area contributed by atoms with Gasteiger partial charge < -0.3 is 9.52 Å². The highest BCUT2D eigenvalue weighted by Gasteiger charge is 2.10. The Hall–Kier alpha value is -2.00. The highest BCUT2D eigenvalue weighted by Crippen LogP contribution is 2.33. The third kappa shape index (κ3) is 1.73. The number of rotatable bonds is 1. The van der Waals surface area contributed by atoms with Crippen LogP contribution in [0.25, 0.3) is 22.3 Å². The normalized spacial score (nSPS) is 11.0. The molecule has 0 atom stereocenters. The minimum Gasteiger partial charge on any atom is -0.506 e. The average Bonchev–Trinajstić information content (AvgIpc) is 2.78. The largest absolute Gasteiger partial charge is 0.506 e. The number of hydrogen-bond acceptors (Lipinski definition) is 2. The Morgan fingerprint density at radius 2 is 1.94 bits per heavy atom. The van der Waals surface area contributed by atoms with Crippen molar-refractivity contribution in [2.24, 2.45) is 0 Å². The third-order valence-corrected chi connectivity index (χ3v) is 3.05. The number of halogens is 2. The van der Waals surface area contributed by atoms with Gasteiger partial charge in [0.2, 0.25) is 0 Å². The van der Waals surface area contributed by atoms with E-state index in [0.29, 0.717) is 16.7 Å². The lowest BCUT2D eigenvalue weighted by atomic mass is 10.1. The molecular weight excluding hydrogens is 255 g/mol. The fourth-order valence-corrected chi connectivity index (χ4v) is 1.95. The highest BCUT2D eigenvalue weighted by atomic mass is 35.5. The van der Waals surface area contributed by atoms with Gasteiger partial charge in [0.15, 0.2) is 11.4 Å². The third-order valence-electron chi connectivity index (χ3n) is 2.73. The van der Waals surface area contributed by atoms with E-state index in [2.05, 4.69) is 0 Å². The molecule has 18 heavy (non-hydrogen) atoms. The Balaban J connectivity index is 2.19. The van der Waals surface area contributed by atoms with E-state index in [9.17, 15) is 9.50 Å². The summed E-state index contributed by atoms with van der Waals surface area (Å²) in [6.07, 6.45) is 0. The zero-order chi connectivity index (χ0) is 12.7. The Bertz CT molecular complexity index is 734. The molecule has 0 spiro atoms. The number of fused-ring (bicyclic) bond motifs is 1. The highest BCUT2D eigenvalue weighted by molar-refractivity contribution is 6.32. The molecule has 4 heteroatoms. The molecule has 0 bridgehead atoms. The van der Waals surface area contributed by atoms with Gasteiger partial charge in [-0.05, 0) is 30.3 Å². The first-order valence-electron chi connectivity index (χ1n) is 5.32. The molecule has 1 aromatic heterocycles. The van der Waals surface area contributed by atoms with Crippen LogP contribution in [0.3, 0.4) is 0 Å². The van der Waals surface area contributed by atoms with Crippen LogP contribution in [0.1, 0.15) is 0 Å². The smallest absolute Gasteiger partial charge is 0.170 e. The van der Waals surface area contributed by atoms with Crippen LogP contribution in [0.2, 0.25) is 5.02 Å². The van der Waals surface area contributed by atoms with E-state index in [4.69, 9.17) is 16.0 Å². The summed E-state index contributed by atoms with van der Waals surface area (Å²) in [6.45, 7) is 0. The number of benzene rings is 2. The van der Waals surface area contributed by atoms with E-state index in [1.807, 2.05) is 0 Å². The van der Waals surface area contributed by atoms with Crippen molar-refractivity contribution in [2.45, 2.75) is 0 Å². The van der Waals surface area contributed by atoms with Gasteiger partial charge in [-0.25, -0.2) is 4.39 Å². The van der Waals surface area contributed by atoms with E-state index in [1.165, 1.54) is 12.1 Å². The minimum atomic E-state index is -0.406. The molecule has 0 aliphatic heterocycles. The van der Waals surface area contributed by atoms with Crippen LogP contribution in [-0.2, 0) is 0 Å². The average molecular weight is 263 g/mol. The van der Waals surface area contributed by atoms with Crippen LogP contribution >= 0.6 is 11.6 Å². The van der Waals surface area contributed by atoms with Gasteiger partial charge in [0, 0.05) is 10.9 Å². The molecule has 0 aliphatic carbocycles. The van der Waals surface area contributed by atoms with Crippen molar-refractivity contribution < 1.29 is 13.9 Å². The summed E-state index contributed by atoms with van der Waals surface area (Å²) in [6, 6.07) is 11.2. The van der Waals surface area contributed by atoms with Crippen LogP contribution in [0, 0.1) is 5.82 Å². The van der Waals surface area contributed by atoms with Crippen LogP contribution in [0.5, 0.6) is 5.75 Å². The Morgan fingerprint density at radius 3 is 2.67 bits per heavy atom. The van der Waals surface area contributed by atoms with Gasteiger partial charge in [-0.15, -0.1) is 0 Å². The van der Waals surface area contributed by atoms with Gasteiger partial charge in [-0.1, -0.05) is 23.7 Å². The topological polar surface area (TPSA) is 33.4 Å². The molecule has 0 aliphatic rings. The SMILES string of the molecule is Oc1cc(-c2cc3cccc(F)c3o2)ccc1Cl. The maximum Gasteiger partial charge on any atom is 0.170 e. The van der Waals surface area contributed by atoms with E-state index >= 15 is 0 Å². The monoisotopic (exact) mass is 262 g/mol. The Labute approximate surface area is 107 Å². The second kappa shape index (κ2) is 4.03. The van der Waals surface area contributed by atoms with Crippen LogP contribution in [0.15, 0.2) is 46.9 Å². The summed E-state index contributed by atoms with van der Waals surface area (Å²) in [4.78, 5) is 0. The van der Waals surface area contributed by atoms with E-state index in [0.717, 1.165) is 0 Å². The first-order valence-corrected chi connectivity index (χ1v) is 5.70. The van der Waals surface area contributed by atoms with Gasteiger partial charge >= 0.3 is 0 Å². The predicted molar refractivity (Wildman–Crippen MR) is 68.3 cm³/mol. The molecule has 0 amide bonds. The molecule has 1 heterocycles. The second-order valence-corrected chi connectivity index (χ2v) is 4.34. The van der Waals surface area contributed by atoms with Crippen LogP contribution in [0.4, 0.5) is 4.39 Å². The first kappa shape index (κ1) is 11.1. The van der Waals surface area contributed by atoms with Crippen molar-refractivity contribution in [1.29, 1.82) is 0 Å². The molecular formula is C14H8ClFO2. The Kier molecular flexibility index (Phi) is 2.49. The fourth-order valence-electron chi connectivity index (χ4n) is 1.84. The van der Waals surface area contributed by atoms with Crippen LogP contribution in [-0.4, -0.2) is 5.11 Å². The molecule has 0 saturated carbocycles. The molecule has 90 valence electrons. The van der Waals surface area contributed by atoms with Gasteiger partial charge in [0.25, 0.3) is 0 Å². The first-order chi connectivity index (χ1) is 8.65. The lowest BCUT2D eigenvalue weighted by molar-refractivity contribution is 0.475. The molecule has 2 nitrogen and oxygen atoms in total. The van der Waals surface area contributed by atoms with Crippen molar-refractivity contribution in [3.63, 3.8) is 0 Å². The summed E-state index contributed by atoms with van der Waals surface area (Å²) in [5.74, 6) is 0.0501. The van der Waals surface area contributed by atoms with Gasteiger partial charge in [-0.3, -0.25) is 0 Å². The van der Waals surface area contributed by atoms with E-state index < -0.39 is 5.82 Å². The summed E-state index contributed by atoms with van der Waals surface area (Å²) < 4.78 is 18.9. The van der Waals surface area contributed by atoms with Crippen molar-refractivity contribution in [3.05, 3.63) is 53.3 Å². The summed E-state index contributed by atoms with van der Waals surface area (Å²) in [5.41, 5.74) is 0.856. The van der Waals surface area contributed by atoms with Crippen LogP contribution < -0.4 is 0 Å². The maximum atomic E-state index is 13.5. The van der Waals surface area contributed by atoms with Gasteiger partial charge in [-0.2, -0.15) is 0 Å². The molecule has 0 saturated heterocycles. The molecule has 0 fully saturated rings. The second-order valence-electron chi connectivity index (χ2n) is 3.94. The van der Waals surface area contributed by atoms with Crippen molar-refractivity contribution >= 4 is 22.6 Å². The van der Waals surface area contributed by atoms with Gasteiger partial charge in [0.05, 0.1) is 5.02 Å². The molecule has 0 unspecified atom stereocenters. The number of aromatic hydroxyl groups is 1. The van der Waals surface area contributed by atoms with Crippen molar-refractivity contribution in [2.75, 3.05) is 0 Å². The predicted octanol–water partition coefficient (Wildman–Crippen LogP) is 4.60. The standard InChI is InChI=1S/C14H8ClFO2/c15-10-5-4-8(6-12(10)17)13-7-9-2-1-3-11(16)14(9)18-13/h1-7,17H. The number of phenols is 1. The molecule has 0 radical (unpaired) electrons. The summed E-state index contributed by atoms with van der Waals surface area (Å²) >= 11 is 5.73. The molecule has 1 N–H and O–H groups in total. The number of hydrogen-bond donors (Lipinski definition) is 1. The number of furan rings is 1. The minimum absolute atomic E-state index is 0.0323. The van der Waals surface area contributed by atoms with Crippen molar-refractivity contribution in [3.8, 4) is 17.1 Å². The Morgan fingerprint density at radius 1 is 1.11 bits per heavy atom. The summed E-state index contributed by atoms with van der Waals surface area (Å²) in [7, 11) is 0. The lowest BCUT2D eigenvalue weighted by Gasteiger charge is -1.99. The zero-order valence-electron chi connectivity index (χ0n) is 9.15. The lowest BCUT2D eigenvalue weighted by Crippen LogP contribution is -1.74. The molecule has 2 aromatic carbocycles. The molecule has 3 aromatic rings. The molecule has 3 rings (SSSR count). The van der Waals surface area contributed by atoms with Gasteiger partial charge in [0.1, 0.15) is 11.5 Å². The summed E-state index contributed by atoms with van der Waals surface area (Å²) in [5, 5.41) is 10.5. The maximum absolute atomic E-state index is 13.5. The van der Waals surface area contributed by atoms with E-state index in [1.54, 1.807) is 30.3 Å². The van der Waals surface area contributed by atoms with Crippen molar-refractivity contribution in [1.82, 2.24) is 0 Å².